The first-order chi connectivity index (χ1) is 13.0. The summed E-state index contributed by atoms with van der Waals surface area (Å²) in [5.41, 5.74) is 0.865. The van der Waals surface area contributed by atoms with E-state index < -0.39 is 0 Å². The molecular formula is C19H24FN7. The van der Waals surface area contributed by atoms with E-state index in [0.717, 1.165) is 24.5 Å². The molecule has 142 valence electrons. The van der Waals surface area contributed by atoms with Crippen molar-refractivity contribution in [2.24, 2.45) is 4.99 Å². The van der Waals surface area contributed by atoms with E-state index in [1.54, 1.807) is 13.1 Å². The van der Waals surface area contributed by atoms with E-state index in [1.807, 2.05) is 10.8 Å². The number of benzene rings is 1. The first kappa shape index (κ1) is 18.8. The number of nitrogens with zero attached hydrogens (tertiary/aromatic N) is 5. The van der Waals surface area contributed by atoms with Gasteiger partial charge in [0, 0.05) is 37.5 Å². The van der Waals surface area contributed by atoms with Crippen LogP contribution in [0.3, 0.4) is 0 Å². The van der Waals surface area contributed by atoms with Crippen LogP contribution < -0.4 is 10.6 Å². The van der Waals surface area contributed by atoms with Crippen LogP contribution in [0.25, 0.3) is 0 Å². The molecule has 7 nitrogen and oxygen atoms in total. The number of hydrogen-bond acceptors (Lipinski definition) is 4. The highest BCUT2D eigenvalue weighted by Gasteiger charge is 2.23. The fraction of sp³-hybridized carbons (Fsp3) is 0.474. The van der Waals surface area contributed by atoms with Crippen molar-refractivity contribution in [2.75, 3.05) is 7.05 Å². The maximum atomic E-state index is 13.9. The lowest BCUT2D eigenvalue weighted by Crippen LogP contribution is -2.46. The summed E-state index contributed by atoms with van der Waals surface area (Å²) in [7, 11) is 1.68. The van der Waals surface area contributed by atoms with Crippen LogP contribution in [0.5, 0.6) is 0 Å². The van der Waals surface area contributed by atoms with E-state index in [4.69, 9.17) is 5.26 Å². The van der Waals surface area contributed by atoms with Crippen LogP contribution in [0.4, 0.5) is 4.39 Å². The van der Waals surface area contributed by atoms with Gasteiger partial charge in [-0.25, -0.2) is 14.1 Å². The average molecular weight is 369 g/mol. The number of nitriles is 1. The van der Waals surface area contributed by atoms with Crippen LogP contribution >= 0.6 is 0 Å². The zero-order valence-electron chi connectivity index (χ0n) is 15.8. The molecule has 0 saturated heterocycles. The molecule has 1 unspecified atom stereocenters. The van der Waals surface area contributed by atoms with Crippen molar-refractivity contribution in [2.45, 2.75) is 51.7 Å². The molecule has 0 aliphatic carbocycles. The van der Waals surface area contributed by atoms with Crippen LogP contribution in [0, 0.1) is 17.1 Å². The summed E-state index contributed by atoms with van der Waals surface area (Å²) in [6.07, 6.45) is 1.78. The van der Waals surface area contributed by atoms with Gasteiger partial charge in [0.25, 0.3) is 0 Å². The van der Waals surface area contributed by atoms with Gasteiger partial charge < -0.3 is 10.6 Å². The van der Waals surface area contributed by atoms with E-state index in [9.17, 15) is 4.39 Å². The van der Waals surface area contributed by atoms with E-state index in [2.05, 4.69) is 39.6 Å². The molecule has 27 heavy (non-hydrogen) atoms. The second-order valence-electron chi connectivity index (χ2n) is 6.95. The van der Waals surface area contributed by atoms with Gasteiger partial charge in [0.15, 0.2) is 11.8 Å². The minimum absolute atomic E-state index is 0.167. The van der Waals surface area contributed by atoms with Crippen molar-refractivity contribution in [3.05, 3.63) is 46.8 Å². The first-order valence-corrected chi connectivity index (χ1v) is 9.09. The molecule has 0 amide bonds. The zero-order valence-corrected chi connectivity index (χ0v) is 15.8. The van der Waals surface area contributed by atoms with Crippen molar-refractivity contribution in [3.8, 4) is 6.07 Å². The van der Waals surface area contributed by atoms with Gasteiger partial charge in [0.1, 0.15) is 11.6 Å². The topological polar surface area (TPSA) is 90.9 Å². The number of aryl methyl sites for hydroxylation is 1. The van der Waals surface area contributed by atoms with Crippen LogP contribution in [0.2, 0.25) is 0 Å². The predicted octanol–water partition coefficient (Wildman–Crippen LogP) is 2.09. The number of rotatable bonds is 4. The highest BCUT2D eigenvalue weighted by atomic mass is 19.1. The highest BCUT2D eigenvalue weighted by molar-refractivity contribution is 5.80. The molecular weight excluding hydrogens is 345 g/mol. The van der Waals surface area contributed by atoms with E-state index in [-0.39, 0.29) is 18.4 Å². The molecule has 0 saturated carbocycles. The van der Waals surface area contributed by atoms with Crippen LogP contribution in [-0.4, -0.2) is 33.8 Å². The molecule has 2 heterocycles. The van der Waals surface area contributed by atoms with Gasteiger partial charge in [0.2, 0.25) is 0 Å². The molecule has 0 spiro atoms. The summed E-state index contributed by atoms with van der Waals surface area (Å²) >= 11 is 0. The van der Waals surface area contributed by atoms with Gasteiger partial charge >= 0.3 is 0 Å². The number of halogens is 1. The number of hydrogen-bond donors (Lipinski definition) is 2. The third-order valence-electron chi connectivity index (χ3n) is 4.58. The van der Waals surface area contributed by atoms with Crippen molar-refractivity contribution >= 4 is 5.96 Å². The molecule has 2 aromatic rings. The fourth-order valence-corrected chi connectivity index (χ4v) is 3.04. The third-order valence-corrected chi connectivity index (χ3v) is 4.58. The Hall–Kier alpha value is -2.95. The van der Waals surface area contributed by atoms with E-state index >= 15 is 0 Å². The quantitative estimate of drug-likeness (QED) is 0.636. The monoisotopic (exact) mass is 369 g/mol. The predicted molar refractivity (Wildman–Crippen MR) is 101 cm³/mol. The molecule has 1 aromatic carbocycles. The Bertz CT molecular complexity index is 879. The van der Waals surface area contributed by atoms with Crippen LogP contribution in [-0.2, 0) is 19.5 Å². The Kier molecular flexibility index (Phi) is 5.69. The van der Waals surface area contributed by atoms with Gasteiger partial charge in [-0.05, 0) is 24.6 Å². The Balaban J connectivity index is 1.60. The molecule has 0 fully saturated rings. The summed E-state index contributed by atoms with van der Waals surface area (Å²) in [6.45, 7) is 5.14. The van der Waals surface area contributed by atoms with Crippen LogP contribution in [0.15, 0.2) is 23.2 Å². The summed E-state index contributed by atoms with van der Waals surface area (Å²) in [5.74, 6) is 2.46. The fourth-order valence-electron chi connectivity index (χ4n) is 3.04. The van der Waals surface area contributed by atoms with Crippen LogP contribution in [0.1, 0.15) is 49.0 Å². The van der Waals surface area contributed by atoms with Gasteiger partial charge in [-0.1, -0.05) is 13.8 Å². The molecule has 1 aliphatic rings. The normalized spacial score (nSPS) is 16.7. The zero-order chi connectivity index (χ0) is 19.4. The SMILES string of the molecule is CN=C(NCc1cc(C#N)ccc1F)NC1CCc2nc(C(C)C)nn2C1. The molecule has 3 rings (SSSR count). The summed E-state index contributed by atoms with van der Waals surface area (Å²) in [6, 6.07) is 6.52. The summed E-state index contributed by atoms with van der Waals surface area (Å²) in [5, 5.41) is 20.0. The average Bonchev–Trinajstić information content (AvgIpc) is 3.10. The maximum Gasteiger partial charge on any atom is 0.191 e. The standard InChI is InChI=1S/C19H24FN7/c1-12(2)18-25-17-7-5-15(11-27(17)26-18)24-19(22-3)23-10-14-8-13(9-21)4-6-16(14)20/h4,6,8,12,15H,5,7,10-11H2,1-3H3,(H2,22,23,24). The van der Waals surface area contributed by atoms with E-state index in [1.165, 1.54) is 12.1 Å². The number of aliphatic imine (C=N–C) groups is 1. The van der Waals surface area contributed by atoms with Gasteiger partial charge in [0.05, 0.1) is 18.2 Å². The first-order valence-electron chi connectivity index (χ1n) is 9.09. The summed E-state index contributed by atoms with van der Waals surface area (Å²) < 4.78 is 15.9. The summed E-state index contributed by atoms with van der Waals surface area (Å²) in [4.78, 5) is 8.82. The van der Waals surface area contributed by atoms with Crippen molar-refractivity contribution in [1.82, 2.24) is 25.4 Å². The number of guanidine groups is 1. The van der Waals surface area contributed by atoms with Gasteiger partial charge in [-0.2, -0.15) is 10.4 Å². The Morgan fingerprint density at radius 1 is 1.48 bits per heavy atom. The smallest absolute Gasteiger partial charge is 0.191 e. The molecule has 0 bridgehead atoms. The number of fused-ring (bicyclic) bond motifs is 1. The lowest BCUT2D eigenvalue weighted by molar-refractivity contribution is 0.391. The molecule has 8 heteroatoms. The number of nitrogens with one attached hydrogen (secondary N) is 2. The minimum Gasteiger partial charge on any atom is -0.352 e. The molecule has 2 N–H and O–H groups in total. The number of aromatic nitrogens is 3. The minimum atomic E-state index is -0.344. The molecule has 1 aliphatic heterocycles. The van der Waals surface area contributed by atoms with Gasteiger partial charge in [-0.3, -0.25) is 4.99 Å². The van der Waals surface area contributed by atoms with Crippen molar-refractivity contribution in [3.63, 3.8) is 0 Å². The largest absolute Gasteiger partial charge is 0.352 e. The highest BCUT2D eigenvalue weighted by Crippen LogP contribution is 2.17. The lowest BCUT2D eigenvalue weighted by atomic mass is 10.1. The van der Waals surface area contributed by atoms with Gasteiger partial charge in [-0.15, -0.1) is 0 Å². The lowest BCUT2D eigenvalue weighted by Gasteiger charge is -2.25. The van der Waals surface area contributed by atoms with E-state index in [0.29, 0.717) is 29.5 Å². The second-order valence-corrected chi connectivity index (χ2v) is 6.95. The molecule has 0 radical (unpaired) electrons. The van der Waals surface area contributed by atoms with Crippen molar-refractivity contribution < 1.29 is 4.39 Å². The van der Waals surface area contributed by atoms with Crippen molar-refractivity contribution in [1.29, 1.82) is 5.26 Å². The Morgan fingerprint density at radius 2 is 2.30 bits per heavy atom. The Labute approximate surface area is 158 Å². The maximum absolute atomic E-state index is 13.9. The molecule has 1 aromatic heterocycles. The molecule has 1 atom stereocenters. The Morgan fingerprint density at radius 3 is 3.00 bits per heavy atom. The second kappa shape index (κ2) is 8.16. The third kappa shape index (κ3) is 4.42.